The molecule has 2 N–H and O–H groups in total. The number of anilines is 2. The number of ether oxygens (including phenoxy) is 1. The molecule has 234 valence electrons. The fraction of sp³-hybridized carbons (Fsp3) is 0.216. The highest BCUT2D eigenvalue weighted by Gasteiger charge is 2.34. The number of nitrogens with zero attached hydrogens (tertiary/aromatic N) is 3. The standard InChI is InChI=1S/C37H36ClN5O2S/c1-24-32(34(44)40-29-11-6-5-7-12-29)33(43-35(39-24)41-36(42-43)46-23-27-10-8-9-13-31(27)38)26-16-20-30(21-17-26)45-22-25-14-18-28(19-15-25)37(2,3)4/h5-21,33H,22-23H2,1-4H3,(H,40,44)(H,39,41,42). The number of carbonyl (C=O) groups excluding carboxylic acids is 1. The number of aromatic nitrogens is 3. The Morgan fingerprint density at radius 2 is 1.65 bits per heavy atom. The molecule has 0 aliphatic carbocycles. The van der Waals surface area contributed by atoms with Crippen LogP contribution in [0.15, 0.2) is 120 Å². The third kappa shape index (κ3) is 7.14. The summed E-state index contributed by atoms with van der Waals surface area (Å²) in [5.74, 6) is 1.71. The van der Waals surface area contributed by atoms with E-state index in [-0.39, 0.29) is 11.3 Å². The Balaban J connectivity index is 1.26. The van der Waals surface area contributed by atoms with Crippen LogP contribution < -0.4 is 15.4 Å². The van der Waals surface area contributed by atoms with Crippen LogP contribution in [0.4, 0.5) is 11.6 Å². The van der Waals surface area contributed by atoms with Gasteiger partial charge in [0.05, 0.1) is 5.57 Å². The van der Waals surface area contributed by atoms with E-state index in [4.69, 9.17) is 26.4 Å². The van der Waals surface area contributed by atoms with Crippen molar-refractivity contribution in [3.8, 4) is 5.75 Å². The number of para-hydroxylation sites is 1. The number of hydrogen-bond donors (Lipinski definition) is 2. The zero-order chi connectivity index (χ0) is 32.3. The van der Waals surface area contributed by atoms with Crippen molar-refractivity contribution in [2.24, 2.45) is 0 Å². The Bertz CT molecular complexity index is 1860. The van der Waals surface area contributed by atoms with Crippen molar-refractivity contribution >= 4 is 40.9 Å². The van der Waals surface area contributed by atoms with Crippen molar-refractivity contribution in [1.29, 1.82) is 0 Å². The Labute approximate surface area is 279 Å². The van der Waals surface area contributed by atoms with Gasteiger partial charge in [0, 0.05) is 22.2 Å². The lowest BCUT2D eigenvalue weighted by Gasteiger charge is -2.28. The lowest BCUT2D eigenvalue weighted by molar-refractivity contribution is -0.113. The van der Waals surface area contributed by atoms with E-state index in [2.05, 4.69) is 55.7 Å². The zero-order valence-electron chi connectivity index (χ0n) is 26.3. The molecule has 0 fully saturated rings. The lowest BCUT2D eigenvalue weighted by atomic mass is 9.87. The average molecular weight is 650 g/mol. The molecule has 1 aliphatic rings. The summed E-state index contributed by atoms with van der Waals surface area (Å²) in [6.07, 6.45) is 0. The number of thioether (sulfide) groups is 1. The average Bonchev–Trinajstić information content (AvgIpc) is 3.45. The molecule has 1 atom stereocenters. The number of nitrogens with one attached hydrogen (secondary N) is 2. The van der Waals surface area contributed by atoms with Crippen molar-refractivity contribution in [3.05, 3.63) is 142 Å². The van der Waals surface area contributed by atoms with E-state index in [0.717, 1.165) is 22.4 Å². The summed E-state index contributed by atoms with van der Waals surface area (Å²) in [6.45, 7) is 8.97. The highest BCUT2D eigenvalue weighted by molar-refractivity contribution is 7.98. The second-order valence-electron chi connectivity index (χ2n) is 12.2. The van der Waals surface area contributed by atoms with Gasteiger partial charge in [-0.05, 0) is 64.9 Å². The number of amides is 1. The summed E-state index contributed by atoms with van der Waals surface area (Å²) in [6, 6.07) is 33.1. The van der Waals surface area contributed by atoms with Crippen molar-refractivity contribution in [2.75, 3.05) is 10.6 Å². The first-order valence-corrected chi connectivity index (χ1v) is 16.5. The van der Waals surface area contributed by atoms with Crippen LogP contribution in [0.2, 0.25) is 5.02 Å². The molecule has 0 bridgehead atoms. The first kappa shape index (κ1) is 31.5. The maximum atomic E-state index is 13.8. The van der Waals surface area contributed by atoms with Crippen LogP contribution in [-0.4, -0.2) is 20.7 Å². The van der Waals surface area contributed by atoms with Crippen LogP contribution >= 0.6 is 23.4 Å². The molecule has 9 heteroatoms. The van der Waals surface area contributed by atoms with Crippen LogP contribution in [-0.2, 0) is 22.6 Å². The van der Waals surface area contributed by atoms with Crippen molar-refractivity contribution < 1.29 is 9.53 Å². The summed E-state index contributed by atoms with van der Waals surface area (Å²) in [7, 11) is 0. The number of halogens is 1. The predicted molar refractivity (Wildman–Crippen MR) is 186 cm³/mol. The van der Waals surface area contributed by atoms with Gasteiger partial charge in [0.15, 0.2) is 0 Å². The van der Waals surface area contributed by atoms with E-state index in [0.29, 0.717) is 45.4 Å². The molecule has 1 aromatic heterocycles. The highest BCUT2D eigenvalue weighted by atomic mass is 35.5. The largest absolute Gasteiger partial charge is 0.489 e. The molecular formula is C37H36ClN5O2S. The van der Waals surface area contributed by atoms with Gasteiger partial charge in [-0.1, -0.05) is 117 Å². The maximum Gasteiger partial charge on any atom is 0.255 e. The van der Waals surface area contributed by atoms with Gasteiger partial charge in [0.2, 0.25) is 11.1 Å². The van der Waals surface area contributed by atoms with E-state index in [1.165, 1.54) is 17.3 Å². The van der Waals surface area contributed by atoms with Gasteiger partial charge in [-0.3, -0.25) is 4.79 Å². The minimum Gasteiger partial charge on any atom is -0.489 e. The second kappa shape index (κ2) is 13.4. The Morgan fingerprint density at radius 1 is 0.957 bits per heavy atom. The fourth-order valence-electron chi connectivity index (χ4n) is 5.29. The normalized spacial score (nSPS) is 14.4. The molecule has 0 spiro atoms. The van der Waals surface area contributed by atoms with Crippen LogP contribution in [0.5, 0.6) is 5.75 Å². The molecule has 46 heavy (non-hydrogen) atoms. The summed E-state index contributed by atoms with van der Waals surface area (Å²) >= 11 is 7.89. The zero-order valence-corrected chi connectivity index (χ0v) is 27.8. The molecule has 5 aromatic rings. The molecule has 7 nitrogen and oxygen atoms in total. The van der Waals surface area contributed by atoms with Crippen LogP contribution in [0.1, 0.15) is 56.0 Å². The van der Waals surface area contributed by atoms with E-state index in [1.807, 2.05) is 85.8 Å². The lowest BCUT2D eigenvalue weighted by Crippen LogP contribution is -2.31. The van der Waals surface area contributed by atoms with E-state index < -0.39 is 6.04 Å². The Morgan fingerprint density at radius 3 is 2.35 bits per heavy atom. The van der Waals surface area contributed by atoms with Crippen LogP contribution in [0, 0.1) is 0 Å². The van der Waals surface area contributed by atoms with Gasteiger partial charge in [-0.2, -0.15) is 4.98 Å². The van der Waals surface area contributed by atoms with Gasteiger partial charge in [0.1, 0.15) is 18.4 Å². The number of hydrogen-bond acceptors (Lipinski definition) is 6. The molecule has 1 unspecified atom stereocenters. The molecule has 1 aliphatic heterocycles. The molecule has 0 saturated carbocycles. The van der Waals surface area contributed by atoms with Crippen LogP contribution in [0.25, 0.3) is 0 Å². The Hall–Kier alpha value is -4.53. The minimum atomic E-state index is -0.513. The molecular weight excluding hydrogens is 614 g/mol. The summed E-state index contributed by atoms with van der Waals surface area (Å²) in [4.78, 5) is 18.6. The second-order valence-corrected chi connectivity index (χ2v) is 13.6. The molecule has 1 amide bonds. The number of fused-ring (bicyclic) bond motifs is 1. The highest BCUT2D eigenvalue weighted by Crippen LogP contribution is 2.38. The van der Waals surface area contributed by atoms with Gasteiger partial charge < -0.3 is 15.4 Å². The maximum absolute atomic E-state index is 13.8. The molecule has 4 aromatic carbocycles. The third-order valence-corrected chi connectivity index (χ3v) is 9.10. The smallest absolute Gasteiger partial charge is 0.255 e. The molecule has 6 rings (SSSR count). The molecule has 2 heterocycles. The first-order valence-electron chi connectivity index (χ1n) is 15.1. The molecule has 0 radical (unpaired) electrons. The number of allylic oxidation sites excluding steroid dienone is 1. The fourth-order valence-corrected chi connectivity index (χ4v) is 6.40. The van der Waals surface area contributed by atoms with Gasteiger partial charge in [0.25, 0.3) is 5.91 Å². The predicted octanol–water partition coefficient (Wildman–Crippen LogP) is 9.03. The number of benzene rings is 4. The minimum absolute atomic E-state index is 0.104. The topological polar surface area (TPSA) is 81.1 Å². The number of rotatable bonds is 9. The quantitative estimate of drug-likeness (QED) is 0.155. The SMILES string of the molecule is CC1=C(C(=O)Nc2ccccc2)C(c2ccc(OCc3ccc(C(C)(C)C)cc3)cc2)n2nc(SCc3ccccc3Cl)nc2N1. The summed E-state index contributed by atoms with van der Waals surface area (Å²) < 4.78 is 7.93. The van der Waals surface area contributed by atoms with Crippen molar-refractivity contribution in [2.45, 2.75) is 56.7 Å². The van der Waals surface area contributed by atoms with E-state index in [1.54, 1.807) is 4.68 Å². The third-order valence-electron chi connectivity index (χ3n) is 7.85. The van der Waals surface area contributed by atoms with Gasteiger partial charge >= 0.3 is 0 Å². The van der Waals surface area contributed by atoms with Gasteiger partial charge in [-0.25, -0.2) is 4.68 Å². The van der Waals surface area contributed by atoms with Gasteiger partial charge in [-0.15, -0.1) is 5.10 Å². The Kier molecular flexibility index (Phi) is 9.20. The summed E-state index contributed by atoms with van der Waals surface area (Å²) in [5.41, 5.74) is 6.35. The van der Waals surface area contributed by atoms with Crippen molar-refractivity contribution in [1.82, 2.24) is 14.8 Å². The van der Waals surface area contributed by atoms with E-state index >= 15 is 0 Å². The van der Waals surface area contributed by atoms with Crippen LogP contribution in [0.3, 0.4) is 0 Å². The van der Waals surface area contributed by atoms with E-state index in [9.17, 15) is 4.79 Å². The first-order chi connectivity index (χ1) is 22.2. The number of carbonyl (C=O) groups is 1. The van der Waals surface area contributed by atoms with Crippen molar-refractivity contribution in [3.63, 3.8) is 0 Å². The monoisotopic (exact) mass is 649 g/mol. The summed E-state index contributed by atoms with van der Waals surface area (Å²) in [5, 5.41) is 12.5. The molecule has 0 saturated heterocycles.